The average molecular weight is 856 g/mol. The SMILES string of the molecule is COc1ccccc1-c1nccc(COc2ccccc2CC(Nc2cccc3nc(-c4ccc(F)cc4)c(-c4ccc(OCCN5CCN(C)CC5)c(Cl)c4C)n23)C(=O)O)n1. The number of nitrogens with zero attached hydrogens (tertiary/aromatic N) is 6. The molecule has 4 heterocycles. The third kappa shape index (κ3) is 9.35. The number of para-hydroxylation sites is 2. The van der Waals surface area contributed by atoms with E-state index >= 15 is 0 Å². The second-order valence-corrected chi connectivity index (χ2v) is 15.5. The Morgan fingerprint density at radius 3 is 2.39 bits per heavy atom. The number of carbonyl (C=O) groups is 1. The Morgan fingerprint density at radius 2 is 1.61 bits per heavy atom. The number of rotatable bonds is 16. The van der Waals surface area contributed by atoms with Crippen LogP contribution in [0.5, 0.6) is 17.2 Å². The number of benzene rings is 4. The third-order valence-corrected chi connectivity index (χ3v) is 11.6. The van der Waals surface area contributed by atoms with Gasteiger partial charge < -0.3 is 29.5 Å². The molecule has 0 spiro atoms. The summed E-state index contributed by atoms with van der Waals surface area (Å²) < 4.78 is 34.1. The number of hydrogen-bond donors (Lipinski definition) is 2. The molecular weight excluding hydrogens is 809 g/mol. The van der Waals surface area contributed by atoms with E-state index in [4.69, 9.17) is 35.8 Å². The van der Waals surface area contributed by atoms with Crippen molar-refractivity contribution in [3.63, 3.8) is 0 Å². The Kier molecular flexibility index (Phi) is 12.9. The fraction of sp³-hybridized carbons (Fsp3) is 0.250. The fourth-order valence-electron chi connectivity index (χ4n) is 7.65. The van der Waals surface area contributed by atoms with Gasteiger partial charge in [0, 0.05) is 56.5 Å². The lowest BCUT2D eigenvalue weighted by Gasteiger charge is -2.32. The minimum Gasteiger partial charge on any atom is -0.496 e. The van der Waals surface area contributed by atoms with E-state index in [2.05, 4.69) is 27.1 Å². The number of ether oxygens (including phenoxy) is 3. The molecule has 1 unspecified atom stereocenters. The normalized spacial score (nSPS) is 13.8. The molecule has 7 aromatic rings. The molecule has 0 amide bonds. The zero-order chi connectivity index (χ0) is 43.2. The zero-order valence-electron chi connectivity index (χ0n) is 34.7. The minimum atomic E-state index is -1.09. The van der Waals surface area contributed by atoms with Crippen molar-refractivity contribution in [1.82, 2.24) is 29.2 Å². The number of anilines is 1. The molecule has 62 heavy (non-hydrogen) atoms. The van der Waals surface area contributed by atoms with Gasteiger partial charge in [-0.15, -0.1) is 0 Å². The number of aliphatic carboxylic acids is 1. The van der Waals surface area contributed by atoms with Gasteiger partial charge in [-0.1, -0.05) is 48.0 Å². The average Bonchev–Trinajstić information content (AvgIpc) is 3.68. The van der Waals surface area contributed by atoms with Gasteiger partial charge in [0.05, 0.1) is 34.8 Å². The molecule has 4 aromatic carbocycles. The molecule has 0 radical (unpaired) electrons. The topological polar surface area (TPSA) is 127 Å². The highest BCUT2D eigenvalue weighted by Crippen LogP contribution is 2.41. The molecule has 1 fully saturated rings. The van der Waals surface area contributed by atoms with Crippen LogP contribution in [0.2, 0.25) is 5.02 Å². The molecular formula is C48H47ClFN7O5. The van der Waals surface area contributed by atoms with E-state index in [-0.39, 0.29) is 18.8 Å². The van der Waals surface area contributed by atoms with Crippen molar-refractivity contribution in [3.8, 4) is 51.2 Å². The van der Waals surface area contributed by atoms with Gasteiger partial charge in [0.25, 0.3) is 0 Å². The molecule has 12 nitrogen and oxygen atoms in total. The molecule has 318 valence electrons. The fourth-order valence-corrected chi connectivity index (χ4v) is 7.87. The Bertz CT molecular complexity index is 2690. The lowest BCUT2D eigenvalue weighted by molar-refractivity contribution is -0.137. The van der Waals surface area contributed by atoms with E-state index in [9.17, 15) is 14.3 Å². The van der Waals surface area contributed by atoms with Crippen LogP contribution >= 0.6 is 11.6 Å². The summed E-state index contributed by atoms with van der Waals surface area (Å²) >= 11 is 7.07. The van der Waals surface area contributed by atoms with Crippen molar-refractivity contribution in [3.05, 3.63) is 143 Å². The number of carboxylic acids is 1. The van der Waals surface area contributed by atoms with Crippen LogP contribution in [0.25, 0.3) is 39.5 Å². The number of halogens is 2. The Balaban J connectivity index is 1.08. The first kappa shape index (κ1) is 42.2. The molecule has 2 N–H and O–H groups in total. The summed E-state index contributed by atoms with van der Waals surface area (Å²) in [5.74, 6) is 1.30. The van der Waals surface area contributed by atoms with Gasteiger partial charge in [0.1, 0.15) is 53.8 Å². The molecule has 14 heteroatoms. The maximum Gasteiger partial charge on any atom is 0.326 e. The third-order valence-electron chi connectivity index (χ3n) is 11.1. The van der Waals surface area contributed by atoms with Crippen molar-refractivity contribution in [2.75, 3.05) is 58.8 Å². The largest absolute Gasteiger partial charge is 0.496 e. The molecule has 1 aliphatic rings. The molecule has 3 aromatic heterocycles. The molecule has 0 saturated carbocycles. The molecule has 0 aliphatic carbocycles. The van der Waals surface area contributed by atoms with Crippen LogP contribution in [0.4, 0.5) is 10.2 Å². The van der Waals surface area contributed by atoms with Crippen LogP contribution in [-0.4, -0.2) is 99.8 Å². The first-order valence-corrected chi connectivity index (χ1v) is 20.8. The number of imidazole rings is 1. The molecule has 8 rings (SSSR count). The van der Waals surface area contributed by atoms with E-state index in [1.807, 2.05) is 90.2 Å². The van der Waals surface area contributed by atoms with Crippen molar-refractivity contribution in [2.45, 2.75) is 26.0 Å². The van der Waals surface area contributed by atoms with Crippen molar-refractivity contribution >= 4 is 29.0 Å². The summed E-state index contributed by atoms with van der Waals surface area (Å²) in [6.45, 7) is 7.35. The zero-order valence-corrected chi connectivity index (χ0v) is 35.5. The number of pyridine rings is 1. The van der Waals surface area contributed by atoms with Gasteiger partial charge in [-0.05, 0) is 97.9 Å². The Hall–Kier alpha value is -6.54. The predicted octanol–water partition coefficient (Wildman–Crippen LogP) is 8.55. The second-order valence-electron chi connectivity index (χ2n) is 15.2. The molecule has 0 bridgehead atoms. The first-order chi connectivity index (χ1) is 30.2. The highest BCUT2D eigenvalue weighted by Gasteiger charge is 2.26. The van der Waals surface area contributed by atoms with Crippen LogP contribution in [-0.2, 0) is 17.8 Å². The van der Waals surface area contributed by atoms with E-state index < -0.39 is 12.0 Å². The van der Waals surface area contributed by atoms with Crippen LogP contribution in [0, 0.1) is 12.7 Å². The van der Waals surface area contributed by atoms with Crippen molar-refractivity contribution < 1.29 is 28.5 Å². The standard InChI is InChI=1S/C48H47ClFN7O5/c1-31-36(19-20-41(44(31)49)61-28-27-56-25-23-55(2)24-26-56)46-45(32-15-17-34(50)18-16-32)54-43-14-8-13-42(57(43)46)53-38(48(58)59)29-33-9-4-6-11-39(33)62-30-35-21-22-51-47(52-35)37-10-5-7-12-40(37)60-3/h4-22,38,53H,23-30H2,1-3H3,(H,58,59). The van der Waals surface area contributed by atoms with Crippen LogP contribution in [0.15, 0.2) is 115 Å². The number of carboxylic acid groups (broad SMARTS) is 1. The summed E-state index contributed by atoms with van der Waals surface area (Å²) in [7, 11) is 3.73. The summed E-state index contributed by atoms with van der Waals surface area (Å²) in [5.41, 5.74) is 6.05. The maximum atomic E-state index is 14.2. The summed E-state index contributed by atoms with van der Waals surface area (Å²) in [5, 5.41) is 14.5. The number of hydrogen-bond acceptors (Lipinski definition) is 10. The minimum absolute atomic E-state index is 0.0814. The van der Waals surface area contributed by atoms with Crippen LogP contribution < -0.4 is 19.5 Å². The number of methoxy groups -OCH3 is 1. The summed E-state index contributed by atoms with van der Waals surface area (Å²) in [6.07, 6.45) is 1.75. The van der Waals surface area contributed by atoms with E-state index in [0.717, 1.165) is 49.4 Å². The van der Waals surface area contributed by atoms with Gasteiger partial charge in [0.2, 0.25) is 0 Å². The van der Waals surface area contributed by atoms with Gasteiger partial charge in [-0.2, -0.15) is 0 Å². The van der Waals surface area contributed by atoms with Crippen LogP contribution in [0.3, 0.4) is 0 Å². The Labute approximate surface area is 364 Å². The predicted molar refractivity (Wildman–Crippen MR) is 239 cm³/mol. The van der Waals surface area contributed by atoms with Gasteiger partial charge in [-0.25, -0.2) is 24.1 Å². The van der Waals surface area contributed by atoms with Gasteiger partial charge in [0.15, 0.2) is 5.82 Å². The lowest BCUT2D eigenvalue weighted by atomic mass is 10.00. The number of nitrogens with one attached hydrogen (secondary N) is 1. The number of piperazine rings is 1. The lowest BCUT2D eigenvalue weighted by Crippen LogP contribution is -2.45. The molecule has 1 aliphatic heterocycles. The summed E-state index contributed by atoms with van der Waals surface area (Å²) in [6, 6.07) is 31.0. The first-order valence-electron chi connectivity index (χ1n) is 20.4. The van der Waals surface area contributed by atoms with E-state index in [1.54, 1.807) is 31.5 Å². The summed E-state index contributed by atoms with van der Waals surface area (Å²) in [4.78, 5) is 32.0. The van der Waals surface area contributed by atoms with Crippen molar-refractivity contribution in [2.24, 2.45) is 0 Å². The second kappa shape index (κ2) is 19.0. The van der Waals surface area contributed by atoms with Crippen molar-refractivity contribution in [1.29, 1.82) is 0 Å². The molecule has 1 saturated heterocycles. The maximum absolute atomic E-state index is 14.2. The van der Waals surface area contributed by atoms with Gasteiger partial charge >= 0.3 is 5.97 Å². The number of likely N-dealkylation sites (N-methyl/N-ethyl adjacent to an activating group) is 1. The van der Waals surface area contributed by atoms with Crippen LogP contribution in [0.1, 0.15) is 16.8 Å². The highest BCUT2D eigenvalue weighted by molar-refractivity contribution is 6.33. The van der Waals surface area contributed by atoms with Gasteiger partial charge in [-0.3, -0.25) is 9.30 Å². The molecule has 1 atom stereocenters. The number of aromatic nitrogens is 4. The smallest absolute Gasteiger partial charge is 0.326 e. The monoisotopic (exact) mass is 855 g/mol. The van der Waals surface area contributed by atoms with E-state index in [0.29, 0.717) is 74.4 Å². The Morgan fingerprint density at radius 1 is 0.855 bits per heavy atom. The number of fused-ring (bicyclic) bond motifs is 1. The van der Waals surface area contributed by atoms with E-state index in [1.165, 1.54) is 12.1 Å². The highest BCUT2D eigenvalue weighted by atomic mass is 35.5. The quantitative estimate of drug-likeness (QED) is 0.0972.